The van der Waals surface area contributed by atoms with E-state index in [-0.39, 0.29) is 0 Å². The van der Waals surface area contributed by atoms with E-state index in [2.05, 4.69) is 15.0 Å². The van der Waals surface area contributed by atoms with Crippen molar-refractivity contribution in [2.45, 2.75) is 25.7 Å². The van der Waals surface area contributed by atoms with Gasteiger partial charge in [0.15, 0.2) is 0 Å². The van der Waals surface area contributed by atoms with Crippen LogP contribution in [0, 0.1) is 0 Å². The van der Waals surface area contributed by atoms with E-state index in [1.54, 1.807) is 18.3 Å². The number of hydrogen-bond donors (Lipinski definition) is 0. The van der Waals surface area contributed by atoms with Crippen LogP contribution < -0.4 is 4.74 Å². The third kappa shape index (κ3) is 6.66. The molecule has 1 aromatic heterocycles. The van der Waals surface area contributed by atoms with Crippen LogP contribution in [0.1, 0.15) is 25.7 Å². The second kappa shape index (κ2) is 8.67. The quantitative estimate of drug-likeness (QED) is 0.231. The Hall–Kier alpha value is -1.45. The van der Waals surface area contributed by atoms with Crippen LogP contribution >= 0.6 is 11.6 Å². The Bertz CT molecular complexity index is 379. The normalized spacial score (nSPS) is 9.71. The summed E-state index contributed by atoms with van der Waals surface area (Å²) >= 11 is 5.73. The van der Waals surface area contributed by atoms with Gasteiger partial charge < -0.3 is 4.74 Å². The summed E-state index contributed by atoms with van der Waals surface area (Å²) in [6.45, 7) is 1.25. The molecule has 6 heteroatoms. The van der Waals surface area contributed by atoms with E-state index in [1.807, 2.05) is 0 Å². The van der Waals surface area contributed by atoms with Gasteiger partial charge in [0, 0.05) is 23.7 Å². The molecular weight excluding hydrogens is 240 g/mol. The molecule has 1 heterocycles. The summed E-state index contributed by atoms with van der Waals surface area (Å²) in [5, 5.41) is 3.92. The number of aromatic nitrogens is 1. The lowest BCUT2D eigenvalue weighted by atomic mass is 10.2. The maximum absolute atomic E-state index is 8.08. The molecule has 0 radical (unpaired) electrons. The second-order valence-electron chi connectivity index (χ2n) is 3.53. The van der Waals surface area contributed by atoms with Crippen LogP contribution in [0.25, 0.3) is 10.4 Å². The summed E-state index contributed by atoms with van der Waals surface area (Å²) in [6.07, 6.45) is 5.66. The van der Waals surface area contributed by atoms with Crippen molar-refractivity contribution in [2.24, 2.45) is 5.11 Å². The molecule has 0 aromatic carbocycles. The first-order valence-corrected chi connectivity index (χ1v) is 5.96. The van der Waals surface area contributed by atoms with E-state index in [9.17, 15) is 0 Å². The van der Waals surface area contributed by atoms with E-state index in [4.69, 9.17) is 21.9 Å². The van der Waals surface area contributed by atoms with Gasteiger partial charge in [0.2, 0.25) is 0 Å². The standard InChI is InChI=1S/C11H15ClN4O/c12-11-9-10(5-7-14-11)17-8-4-2-1-3-6-15-16-13/h5,7,9H,1-4,6,8H2. The van der Waals surface area contributed by atoms with Gasteiger partial charge in [0.1, 0.15) is 10.9 Å². The number of hydrogen-bond acceptors (Lipinski definition) is 3. The Kier molecular flexibility index (Phi) is 6.95. The van der Waals surface area contributed by atoms with Gasteiger partial charge in [-0.25, -0.2) is 4.98 Å². The first-order valence-electron chi connectivity index (χ1n) is 5.58. The number of ether oxygens (including phenoxy) is 1. The summed E-state index contributed by atoms with van der Waals surface area (Å²) < 4.78 is 5.51. The van der Waals surface area contributed by atoms with Gasteiger partial charge in [-0.2, -0.15) is 0 Å². The Balaban J connectivity index is 2.02. The fourth-order valence-electron chi connectivity index (χ4n) is 1.35. The lowest BCUT2D eigenvalue weighted by molar-refractivity contribution is 0.304. The lowest BCUT2D eigenvalue weighted by Gasteiger charge is -2.05. The molecule has 0 saturated heterocycles. The van der Waals surface area contributed by atoms with Gasteiger partial charge in [0.25, 0.3) is 0 Å². The van der Waals surface area contributed by atoms with Crippen LogP contribution in [0.5, 0.6) is 5.75 Å². The van der Waals surface area contributed by atoms with Crippen LogP contribution in [0.2, 0.25) is 5.15 Å². The number of rotatable bonds is 8. The molecule has 0 bridgehead atoms. The SMILES string of the molecule is [N-]=[N+]=NCCCCCCOc1ccnc(Cl)c1. The maximum Gasteiger partial charge on any atom is 0.132 e. The fraction of sp³-hybridized carbons (Fsp3) is 0.545. The highest BCUT2D eigenvalue weighted by Gasteiger charge is 1.95. The number of azide groups is 1. The maximum atomic E-state index is 8.08. The van der Waals surface area contributed by atoms with Crippen molar-refractivity contribution in [1.29, 1.82) is 0 Å². The topological polar surface area (TPSA) is 70.9 Å². The Labute approximate surface area is 105 Å². The Morgan fingerprint density at radius 2 is 2.18 bits per heavy atom. The van der Waals surface area contributed by atoms with Crippen LogP contribution in [0.15, 0.2) is 23.4 Å². The lowest BCUT2D eigenvalue weighted by Crippen LogP contribution is -1.97. The van der Waals surface area contributed by atoms with Crippen LogP contribution in [-0.4, -0.2) is 18.1 Å². The zero-order valence-electron chi connectivity index (χ0n) is 9.55. The number of unbranched alkanes of at least 4 members (excludes halogenated alkanes) is 3. The van der Waals surface area contributed by atoms with Gasteiger partial charge in [-0.15, -0.1) is 0 Å². The van der Waals surface area contributed by atoms with Crippen LogP contribution in [0.4, 0.5) is 0 Å². The van der Waals surface area contributed by atoms with Crippen molar-refractivity contribution in [2.75, 3.05) is 13.2 Å². The van der Waals surface area contributed by atoms with Gasteiger partial charge >= 0.3 is 0 Å². The van der Waals surface area contributed by atoms with Gasteiger partial charge in [-0.3, -0.25) is 0 Å². The predicted octanol–water partition coefficient (Wildman–Crippen LogP) is 3.98. The van der Waals surface area contributed by atoms with E-state index in [1.165, 1.54) is 0 Å². The van der Waals surface area contributed by atoms with E-state index in [0.717, 1.165) is 31.4 Å². The van der Waals surface area contributed by atoms with Crippen molar-refractivity contribution in [3.8, 4) is 5.75 Å². The molecule has 17 heavy (non-hydrogen) atoms. The fourth-order valence-corrected chi connectivity index (χ4v) is 1.51. The first kappa shape index (κ1) is 13.6. The van der Waals surface area contributed by atoms with E-state index in [0.29, 0.717) is 18.3 Å². The van der Waals surface area contributed by atoms with Crippen molar-refractivity contribution in [3.63, 3.8) is 0 Å². The summed E-state index contributed by atoms with van der Waals surface area (Å²) in [7, 11) is 0. The second-order valence-corrected chi connectivity index (χ2v) is 3.92. The molecule has 0 aliphatic rings. The van der Waals surface area contributed by atoms with Gasteiger partial charge in [-0.1, -0.05) is 29.6 Å². The number of nitrogens with zero attached hydrogens (tertiary/aromatic N) is 4. The zero-order chi connectivity index (χ0) is 12.3. The molecule has 5 nitrogen and oxygen atoms in total. The van der Waals surface area contributed by atoms with Crippen molar-refractivity contribution in [1.82, 2.24) is 4.98 Å². The minimum absolute atomic E-state index is 0.442. The highest BCUT2D eigenvalue weighted by Crippen LogP contribution is 2.14. The summed E-state index contributed by atoms with van der Waals surface area (Å²) in [4.78, 5) is 6.57. The van der Waals surface area contributed by atoms with Crippen molar-refractivity contribution < 1.29 is 4.74 Å². The molecule has 0 aliphatic carbocycles. The van der Waals surface area contributed by atoms with Crippen LogP contribution in [0.3, 0.4) is 0 Å². The van der Waals surface area contributed by atoms with Crippen molar-refractivity contribution in [3.05, 3.63) is 33.9 Å². The molecule has 0 fully saturated rings. The van der Waals surface area contributed by atoms with Gasteiger partial charge in [0.05, 0.1) is 6.61 Å². The predicted molar refractivity (Wildman–Crippen MR) is 67.2 cm³/mol. The van der Waals surface area contributed by atoms with Gasteiger partial charge in [-0.05, 0) is 24.4 Å². The third-order valence-corrected chi connectivity index (χ3v) is 2.39. The summed E-state index contributed by atoms with van der Waals surface area (Å²) in [5.74, 6) is 0.749. The molecule has 0 amide bonds. The van der Waals surface area contributed by atoms with E-state index >= 15 is 0 Å². The molecular formula is C11H15ClN4O. The first-order chi connectivity index (χ1) is 8.33. The highest BCUT2D eigenvalue weighted by molar-refractivity contribution is 6.29. The molecule has 0 atom stereocenters. The smallest absolute Gasteiger partial charge is 0.132 e. The molecule has 92 valence electrons. The Morgan fingerprint density at radius 3 is 2.94 bits per heavy atom. The largest absolute Gasteiger partial charge is 0.493 e. The average Bonchev–Trinajstić information content (AvgIpc) is 2.33. The molecule has 0 saturated carbocycles. The molecule has 1 rings (SSSR count). The number of pyridine rings is 1. The monoisotopic (exact) mass is 254 g/mol. The Morgan fingerprint density at radius 1 is 1.35 bits per heavy atom. The number of halogens is 1. The summed E-state index contributed by atoms with van der Waals surface area (Å²) in [5.41, 5.74) is 8.08. The highest BCUT2D eigenvalue weighted by atomic mass is 35.5. The van der Waals surface area contributed by atoms with E-state index < -0.39 is 0 Å². The van der Waals surface area contributed by atoms with Crippen molar-refractivity contribution >= 4 is 11.6 Å². The molecule has 0 N–H and O–H groups in total. The summed E-state index contributed by atoms with van der Waals surface area (Å²) in [6, 6.07) is 3.48. The molecule has 0 unspecified atom stereocenters. The van der Waals surface area contributed by atoms with Crippen LogP contribution in [-0.2, 0) is 0 Å². The molecule has 1 aromatic rings. The minimum atomic E-state index is 0.442. The average molecular weight is 255 g/mol. The molecule has 0 spiro atoms. The molecule has 0 aliphatic heterocycles. The zero-order valence-corrected chi connectivity index (χ0v) is 10.3. The minimum Gasteiger partial charge on any atom is -0.493 e. The third-order valence-electron chi connectivity index (χ3n) is 2.18.